The highest BCUT2D eigenvalue weighted by Gasteiger charge is 2.35. The van der Waals surface area contributed by atoms with Gasteiger partial charge in [0.05, 0.1) is 12.3 Å². The molecule has 1 atom stereocenters. The summed E-state index contributed by atoms with van der Waals surface area (Å²) in [4.78, 5) is 21.7. The molecule has 0 aliphatic carbocycles. The number of hydrogen-bond acceptors (Lipinski definition) is 6. The molecule has 1 aromatic rings. The standard InChI is InChI=1S/C9H11N3O6S/c1-4-7(6(8(13)14)11-10-4)19(16,17)12-5-2-3-18-9(5)15/h5,12H,2-3H2,1H3,(H,10,11)(H,13,14). The Bertz CT molecular complexity index is 634. The Kier molecular flexibility index (Phi) is 3.28. The Hall–Kier alpha value is -1.94. The molecule has 1 aromatic heterocycles. The summed E-state index contributed by atoms with van der Waals surface area (Å²) < 4.78 is 30.9. The van der Waals surface area contributed by atoms with Gasteiger partial charge >= 0.3 is 11.9 Å². The van der Waals surface area contributed by atoms with Crippen LogP contribution >= 0.6 is 0 Å². The van der Waals surface area contributed by atoms with Gasteiger partial charge in [-0.1, -0.05) is 0 Å². The molecule has 9 nitrogen and oxygen atoms in total. The van der Waals surface area contributed by atoms with Crippen molar-refractivity contribution in [1.29, 1.82) is 0 Å². The van der Waals surface area contributed by atoms with Crippen LogP contribution in [0, 0.1) is 6.92 Å². The largest absolute Gasteiger partial charge is 0.476 e. The van der Waals surface area contributed by atoms with Crippen LogP contribution in [0.5, 0.6) is 0 Å². The Morgan fingerprint density at radius 2 is 2.26 bits per heavy atom. The van der Waals surface area contributed by atoms with Crippen LogP contribution < -0.4 is 4.72 Å². The quantitative estimate of drug-likeness (QED) is 0.605. The first-order valence-corrected chi connectivity index (χ1v) is 6.78. The molecular formula is C9H11N3O6S. The summed E-state index contributed by atoms with van der Waals surface area (Å²) >= 11 is 0. The molecule has 1 saturated heterocycles. The monoisotopic (exact) mass is 289 g/mol. The van der Waals surface area contributed by atoms with E-state index < -0.39 is 38.6 Å². The van der Waals surface area contributed by atoms with Crippen LogP contribution in [0.25, 0.3) is 0 Å². The molecule has 1 fully saturated rings. The zero-order chi connectivity index (χ0) is 14.2. The van der Waals surface area contributed by atoms with Gasteiger partial charge in [-0.25, -0.2) is 13.2 Å². The lowest BCUT2D eigenvalue weighted by molar-refractivity contribution is -0.139. The second kappa shape index (κ2) is 4.63. The van der Waals surface area contributed by atoms with Crippen molar-refractivity contribution < 1.29 is 27.9 Å². The lowest BCUT2D eigenvalue weighted by Gasteiger charge is -2.09. The van der Waals surface area contributed by atoms with Gasteiger partial charge in [0.1, 0.15) is 10.9 Å². The molecule has 104 valence electrons. The van der Waals surface area contributed by atoms with E-state index in [1.54, 1.807) is 0 Å². The first-order chi connectivity index (χ1) is 8.83. The number of esters is 1. The summed E-state index contributed by atoms with van der Waals surface area (Å²) in [6.45, 7) is 1.50. The number of H-pyrrole nitrogens is 1. The van der Waals surface area contributed by atoms with Gasteiger partial charge in [0.15, 0.2) is 5.69 Å². The summed E-state index contributed by atoms with van der Waals surface area (Å²) in [5.74, 6) is -2.15. The van der Waals surface area contributed by atoms with Gasteiger partial charge < -0.3 is 9.84 Å². The Morgan fingerprint density at radius 3 is 2.79 bits per heavy atom. The molecule has 1 aliphatic rings. The molecule has 10 heteroatoms. The SMILES string of the molecule is Cc1[nH]nc(C(=O)O)c1S(=O)(=O)NC1CCOC1=O. The van der Waals surface area contributed by atoms with E-state index in [1.807, 2.05) is 0 Å². The topological polar surface area (TPSA) is 138 Å². The van der Waals surface area contributed by atoms with Gasteiger partial charge in [0.25, 0.3) is 0 Å². The number of aromatic carboxylic acids is 1. The molecule has 0 saturated carbocycles. The first kappa shape index (κ1) is 13.5. The van der Waals surface area contributed by atoms with Crippen LogP contribution in [0.15, 0.2) is 4.90 Å². The molecule has 0 bridgehead atoms. The number of rotatable bonds is 4. The molecule has 2 heterocycles. The number of carbonyl (C=O) groups excluding carboxylic acids is 1. The number of carboxylic acids is 1. The zero-order valence-corrected chi connectivity index (χ0v) is 10.7. The van der Waals surface area contributed by atoms with Gasteiger partial charge in [-0.2, -0.15) is 9.82 Å². The van der Waals surface area contributed by atoms with Crippen LogP contribution in [-0.4, -0.2) is 48.3 Å². The number of nitrogens with zero attached hydrogens (tertiary/aromatic N) is 1. The molecule has 0 amide bonds. The smallest absolute Gasteiger partial charge is 0.357 e. The number of carbonyl (C=O) groups is 2. The Balaban J connectivity index is 2.37. The van der Waals surface area contributed by atoms with E-state index in [4.69, 9.17) is 5.11 Å². The molecule has 0 spiro atoms. The summed E-state index contributed by atoms with van der Waals surface area (Å²) in [6.07, 6.45) is 0.206. The van der Waals surface area contributed by atoms with E-state index in [0.29, 0.717) is 0 Å². The van der Waals surface area contributed by atoms with Crippen molar-refractivity contribution in [2.24, 2.45) is 0 Å². The van der Waals surface area contributed by atoms with Crippen molar-refractivity contribution in [3.8, 4) is 0 Å². The van der Waals surface area contributed by atoms with E-state index in [0.717, 1.165) is 0 Å². The average Bonchev–Trinajstić information content (AvgIpc) is 2.86. The molecular weight excluding hydrogens is 278 g/mol. The van der Waals surface area contributed by atoms with Gasteiger partial charge in [0.2, 0.25) is 10.0 Å². The number of sulfonamides is 1. The van der Waals surface area contributed by atoms with E-state index in [9.17, 15) is 18.0 Å². The van der Waals surface area contributed by atoms with Crippen molar-refractivity contribution >= 4 is 22.0 Å². The highest BCUT2D eigenvalue weighted by molar-refractivity contribution is 7.89. The maximum Gasteiger partial charge on any atom is 0.357 e. The third-order valence-electron chi connectivity index (χ3n) is 2.60. The Labute approximate surface area is 108 Å². The van der Waals surface area contributed by atoms with Crippen molar-refractivity contribution in [3.63, 3.8) is 0 Å². The fourth-order valence-corrected chi connectivity index (χ4v) is 3.28. The van der Waals surface area contributed by atoms with Crippen LogP contribution in [-0.2, 0) is 19.6 Å². The molecule has 1 unspecified atom stereocenters. The molecule has 1 aliphatic heterocycles. The molecule has 2 rings (SSSR count). The fourth-order valence-electron chi connectivity index (χ4n) is 1.74. The third-order valence-corrected chi connectivity index (χ3v) is 4.23. The second-order valence-corrected chi connectivity index (χ2v) is 5.61. The number of aryl methyl sites for hydroxylation is 1. The maximum atomic E-state index is 12.1. The minimum absolute atomic E-state index is 0.0799. The molecule has 3 N–H and O–H groups in total. The van der Waals surface area contributed by atoms with Gasteiger partial charge in [-0.05, 0) is 6.92 Å². The third kappa shape index (κ3) is 2.44. The second-order valence-electron chi connectivity index (χ2n) is 3.96. The highest BCUT2D eigenvalue weighted by Crippen LogP contribution is 2.19. The lowest BCUT2D eigenvalue weighted by Crippen LogP contribution is -2.38. The number of carboxylic acid groups (broad SMARTS) is 1. The van der Waals surface area contributed by atoms with Gasteiger partial charge in [-0.3, -0.25) is 9.89 Å². The molecule has 0 aromatic carbocycles. The van der Waals surface area contributed by atoms with E-state index in [2.05, 4.69) is 19.7 Å². The van der Waals surface area contributed by atoms with Crippen molar-refractivity contribution in [3.05, 3.63) is 11.4 Å². The lowest BCUT2D eigenvalue weighted by atomic mass is 10.3. The van der Waals surface area contributed by atoms with E-state index in [1.165, 1.54) is 6.92 Å². The van der Waals surface area contributed by atoms with Crippen LogP contribution in [0.4, 0.5) is 0 Å². The summed E-state index contributed by atoms with van der Waals surface area (Å²) in [5, 5.41) is 14.6. The molecule has 19 heavy (non-hydrogen) atoms. The highest BCUT2D eigenvalue weighted by atomic mass is 32.2. The minimum Gasteiger partial charge on any atom is -0.476 e. The zero-order valence-electron chi connectivity index (χ0n) is 9.84. The van der Waals surface area contributed by atoms with E-state index in [-0.39, 0.29) is 18.7 Å². The minimum atomic E-state index is -4.17. The number of aromatic amines is 1. The average molecular weight is 289 g/mol. The predicted octanol–water partition coefficient (Wildman–Crippen LogP) is -0.990. The van der Waals surface area contributed by atoms with Gasteiger partial charge in [0, 0.05) is 6.42 Å². The van der Waals surface area contributed by atoms with Crippen molar-refractivity contribution in [1.82, 2.24) is 14.9 Å². The predicted molar refractivity (Wildman–Crippen MR) is 60.0 cm³/mol. The normalized spacial score (nSPS) is 19.4. The number of aromatic nitrogens is 2. The van der Waals surface area contributed by atoms with Gasteiger partial charge in [-0.15, -0.1) is 0 Å². The number of nitrogens with one attached hydrogen (secondary N) is 2. The molecule has 0 radical (unpaired) electrons. The van der Waals surface area contributed by atoms with E-state index >= 15 is 0 Å². The summed E-state index contributed by atoms with van der Waals surface area (Å²) in [5.41, 5.74) is -0.535. The van der Waals surface area contributed by atoms with Crippen molar-refractivity contribution in [2.45, 2.75) is 24.3 Å². The summed E-state index contributed by atoms with van der Waals surface area (Å²) in [6, 6.07) is -0.999. The van der Waals surface area contributed by atoms with Crippen LogP contribution in [0.3, 0.4) is 0 Å². The number of cyclic esters (lactones) is 1. The number of ether oxygens (including phenoxy) is 1. The van der Waals surface area contributed by atoms with Crippen LogP contribution in [0.2, 0.25) is 0 Å². The van der Waals surface area contributed by atoms with Crippen molar-refractivity contribution in [2.75, 3.05) is 6.61 Å². The fraction of sp³-hybridized carbons (Fsp3) is 0.444. The van der Waals surface area contributed by atoms with Crippen LogP contribution in [0.1, 0.15) is 22.6 Å². The first-order valence-electron chi connectivity index (χ1n) is 5.30. The number of hydrogen-bond donors (Lipinski definition) is 3. The Morgan fingerprint density at radius 1 is 1.58 bits per heavy atom. The summed E-state index contributed by atoms with van der Waals surface area (Å²) in [7, 11) is -4.17. The maximum absolute atomic E-state index is 12.1.